The van der Waals surface area contributed by atoms with Crippen molar-refractivity contribution in [3.05, 3.63) is 38.8 Å². The van der Waals surface area contributed by atoms with Gasteiger partial charge in [-0.25, -0.2) is 4.79 Å². The quantitative estimate of drug-likeness (QED) is 0.697. The molecule has 6 nitrogen and oxygen atoms in total. The van der Waals surface area contributed by atoms with Crippen molar-refractivity contribution in [1.82, 2.24) is 15.1 Å². The Morgan fingerprint density at radius 3 is 2.96 bits per heavy atom. The number of aryl methyl sites for hydroxylation is 1. The Balaban J connectivity index is 1.51. The molecule has 1 saturated heterocycles. The molecule has 0 saturated carbocycles. The molecule has 2 heterocycles. The second-order valence-electron chi connectivity index (χ2n) is 6.28. The molecule has 2 aromatic rings. The number of ether oxygens (including phenoxy) is 2. The average Bonchev–Trinajstić information content (AvgIpc) is 3.09. The van der Waals surface area contributed by atoms with Gasteiger partial charge in [-0.2, -0.15) is 0 Å². The van der Waals surface area contributed by atoms with E-state index in [1.165, 1.54) is 7.11 Å². The monoisotopic (exact) mass is 395 g/mol. The lowest BCUT2D eigenvalue weighted by Crippen LogP contribution is -2.37. The maximum Gasteiger partial charge on any atom is 0.337 e. The standard InChI is InChI=1S/C18H22ClN3O3S/c1-12-20-21-17(26-12)14-4-3-7-22(11-14)8-9-25-16-6-5-13(10-15(16)19)18(23)24-2/h5-6,10,14H,3-4,7-9,11H2,1-2H3. The molecule has 1 atom stereocenters. The minimum atomic E-state index is -0.412. The molecular formula is C18H22ClN3O3S. The topological polar surface area (TPSA) is 64.6 Å². The van der Waals surface area contributed by atoms with Crippen molar-refractivity contribution in [2.45, 2.75) is 25.7 Å². The van der Waals surface area contributed by atoms with Crippen LogP contribution in [0.5, 0.6) is 5.75 Å². The molecule has 3 rings (SSSR count). The summed E-state index contributed by atoms with van der Waals surface area (Å²) in [4.78, 5) is 13.9. The highest BCUT2D eigenvalue weighted by Crippen LogP contribution is 2.29. The number of piperidine rings is 1. The second-order valence-corrected chi connectivity index (χ2v) is 7.90. The molecule has 0 bridgehead atoms. The molecule has 1 unspecified atom stereocenters. The first-order valence-corrected chi connectivity index (χ1v) is 9.79. The molecular weight excluding hydrogens is 374 g/mol. The molecule has 0 N–H and O–H groups in total. The zero-order valence-corrected chi connectivity index (χ0v) is 16.5. The summed E-state index contributed by atoms with van der Waals surface area (Å²) in [6.07, 6.45) is 2.31. The number of esters is 1. The number of hydrogen-bond acceptors (Lipinski definition) is 7. The molecule has 26 heavy (non-hydrogen) atoms. The van der Waals surface area contributed by atoms with Gasteiger partial charge in [0.15, 0.2) is 0 Å². The van der Waals surface area contributed by atoms with Crippen LogP contribution in [-0.4, -0.2) is 54.4 Å². The number of rotatable bonds is 6. The zero-order valence-electron chi connectivity index (χ0n) is 14.9. The number of carbonyl (C=O) groups excluding carboxylic acids is 1. The van der Waals surface area contributed by atoms with E-state index in [1.54, 1.807) is 29.5 Å². The summed E-state index contributed by atoms with van der Waals surface area (Å²) in [6.45, 7) is 5.40. The van der Waals surface area contributed by atoms with Crippen molar-refractivity contribution in [1.29, 1.82) is 0 Å². The SMILES string of the molecule is COC(=O)c1ccc(OCCN2CCCC(c3nnc(C)s3)C2)c(Cl)c1. The largest absolute Gasteiger partial charge is 0.491 e. The normalized spacial score (nSPS) is 17.9. The zero-order chi connectivity index (χ0) is 18.5. The van der Waals surface area contributed by atoms with Crippen LogP contribution in [0.3, 0.4) is 0 Å². The van der Waals surface area contributed by atoms with E-state index in [9.17, 15) is 4.79 Å². The third kappa shape index (κ3) is 4.72. The van der Waals surface area contributed by atoms with E-state index in [1.807, 2.05) is 6.92 Å². The van der Waals surface area contributed by atoms with Gasteiger partial charge in [-0.3, -0.25) is 4.90 Å². The number of carbonyl (C=O) groups is 1. The molecule has 1 aromatic carbocycles. The van der Waals surface area contributed by atoms with Gasteiger partial charge in [-0.05, 0) is 44.5 Å². The minimum Gasteiger partial charge on any atom is -0.491 e. The fourth-order valence-electron chi connectivity index (χ4n) is 3.08. The van der Waals surface area contributed by atoms with E-state index in [4.69, 9.17) is 16.3 Å². The molecule has 0 aliphatic carbocycles. The maximum absolute atomic E-state index is 11.5. The third-order valence-corrected chi connectivity index (χ3v) is 5.71. The van der Waals surface area contributed by atoms with Crippen LogP contribution in [0.1, 0.15) is 39.1 Å². The van der Waals surface area contributed by atoms with Gasteiger partial charge >= 0.3 is 5.97 Å². The van der Waals surface area contributed by atoms with Crippen LogP contribution in [0.25, 0.3) is 0 Å². The van der Waals surface area contributed by atoms with Gasteiger partial charge in [0.25, 0.3) is 0 Å². The van der Waals surface area contributed by atoms with Crippen LogP contribution in [0, 0.1) is 6.92 Å². The smallest absolute Gasteiger partial charge is 0.337 e. The van der Waals surface area contributed by atoms with E-state index < -0.39 is 5.97 Å². The number of nitrogens with zero attached hydrogens (tertiary/aromatic N) is 3. The molecule has 140 valence electrons. The molecule has 1 aromatic heterocycles. The van der Waals surface area contributed by atoms with Crippen LogP contribution in [-0.2, 0) is 4.74 Å². The lowest BCUT2D eigenvalue weighted by molar-refractivity contribution is 0.0600. The van der Waals surface area contributed by atoms with Gasteiger partial charge in [-0.1, -0.05) is 11.6 Å². The summed E-state index contributed by atoms with van der Waals surface area (Å²) in [5.74, 6) is 0.621. The molecule has 1 fully saturated rings. The molecule has 0 spiro atoms. The predicted octanol–water partition coefficient (Wildman–Crippen LogP) is 3.54. The first-order valence-electron chi connectivity index (χ1n) is 8.60. The molecule has 1 aliphatic rings. The van der Waals surface area contributed by atoms with Crippen molar-refractivity contribution >= 4 is 28.9 Å². The van der Waals surface area contributed by atoms with E-state index >= 15 is 0 Å². The average molecular weight is 396 g/mol. The summed E-state index contributed by atoms with van der Waals surface area (Å²) in [5.41, 5.74) is 0.413. The van der Waals surface area contributed by atoms with E-state index in [0.717, 1.165) is 42.5 Å². The van der Waals surface area contributed by atoms with Crippen LogP contribution in [0.2, 0.25) is 5.02 Å². The van der Waals surface area contributed by atoms with Crippen LogP contribution >= 0.6 is 22.9 Å². The van der Waals surface area contributed by atoms with E-state index in [0.29, 0.717) is 28.9 Å². The highest BCUT2D eigenvalue weighted by Gasteiger charge is 2.24. The number of methoxy groups -OCH3 is 1. The summed E-state index contributed by atoms with van der Waals surface area (Å²) < 4.78 is 10.5. The molecule has 1 aliphatic heterocycles. The third-order valence-electron chi connectivity index (χ3n) is 4.41. The Morgan fingerprint density at radius 1 is 1.42 bits per heavy atom. The first-order chi connectivity index (χ1) is 12.6. The Bertz CT molecular complexity index is 768. The van der Waals surface area contributed by atoms with Gasteiger partial charge in [0.05, 0.1) is 17.7 Å². The van der Waals surface area contributed by atoms with Crippen molar-refractivity contribution in [2.24, 2.45) is 0 Å². The highest BCUT2D eigenvalue weighted by atomic mass is 35.5. The lowest BCUT2D eigenvalue weighted by Gasteiger charge is -2.31. The fraction of sp³-hybridized carbons (Fsp3) is 0.500. The van der Waals surface area contributed by atoms with Crippen molar-refractivity contribution in [3.63, 3.8) is 0 Å². The number of likely N-dealkylation sites (tertiary alicyclic amines) is 1. The maximum atomic E-state index is 11.5. The molecule has 8 heteroatoms. The summed E-state index contributed by atoms with van der Waals surface area (Å²) in [7, 11) is 1.34. The minimum absolute atomic E-state index is 0.411. The number of aromatic nitrogens is 2. The number of benzene rings is 1. The Hall–Kier alpha value is -1.70. The molecule has 0 radical (unpaired) electrons. The molecule has 0 amide bonds. The van der Waals surface area contributed by atoms with Crippen LogP contribution < -0.4 is 4.74 Å². The van der Waals surface area contributed by atoms with E-state index in [2.05, 4.69) is 19.8 Å². The Morgan fingerprint density at radius 2 is 2.27 bits per heavy atom. The van der Waals surface area contributed by atoms with Gasteiger partial charge in [-0.15, -0.1) is 21.5 Å². The van der Waals surface area contributed by atoms with Crippen molar-refractivity contribution < 1.29 is 14.3 Å². The van der Waals surface area contributed by atoms with Gasteiger partial charge in [0.2, 0.25) is 0 Å². The van der Waals surface area contributed by atoms with E-state index in [-0.39, 0.29) is 0 Å². The van der Waals surface area contributed by atoms with Gasteiger partial charge in [0.1, 0.15) is 22.4 Å². The predicted molar refractivity (Wildman–Crippen MR) is 101 cm³/mol. The Kier molecular flexibility index (Phi) is 6.45. The van der Waals surface area contributed by atoms with Crippen LogP contribution in [0.15, 0.2) is 18.2 Å². The summed E-state index contributed by atoms with van der Waals surface area (Å²) in [5, 5.41) is 11.0. The summed E-state index contributed by atoms with van der Waals surface area (Å²) >= 11 is 7.89. The van der Waals surface area contributed by atoms with Gasteiger partial charge < -0.3 is 9.47 Å². The van der Waals surface area contributed by atoms with Crippen molar-refractivity contribution in [3.8, 4) is 5.75 Å². The van der Waals surface area contributed by atoms with Crippen molar-refractivity contribution in [2.75, 3.05) is 33.4 Å². The van der Waals surface area contributed by atoms with Gasteiger partial charge in [0, 0.05) is 19.0 Å². The number of halogens is 1. The first kappa shape index (κ1) is 19.1. The fourth-order valence-corrected chi connectivity index (χ4v) is 4.14. The summed E-state index contributed by atoms with van der Waals surface area (Å²) in [6, 6.07) is 4.93. The van der Waals surface area contributed by atoms with Crippen LogP contribution in [0.4, 0.5) is 0 Å². The Labute approximate surface area is 162 Å². The lowest BCUT2D eigenvalue weighted by atomic mass is 9.99. The number of hydrogen-bond donors (Lipinski definition) is 0. The highest BCUT2D eigenvalue weighted by molar-refractivity contribution is 7.11. The second kappa shape index (κ2) is 8.79.